The molecule has 0 amide bonds. The molecule has 1 atom stereocenters. The minimum absolute atomic E-state index is 0.0181. The van der Waals surface area contributed by atoms with E-state index in [2.05, 4.69) is 37.9 Å². The standard InChI is InChI=1S/C20H13Br2N3O2/c1-25-15-5-3-2-4-13(15)18-17(20(25)26)16(14(9-23)19(24)27-18)10-6-11(21)8-12(22)7-10/h2-8,16H,24H2,1H3. The highest BCUT2D eigenvalue weighted by molar-refractivity contribution is 9.11. The van der Waals surface area contributed by atoms with E-state index in [-0.39, 0.29) is 17.0 Å². The highest BCUT2D eigenvalue weighted by Gasteiger charge is 2.35. The number of nitriles is 1. The van der Waals surface area contributed by atoms with Crippen LogP contribution in [0, 0.1) is 11.3 Å². The lowest BCUT2D eigenvalue weighted by Crippen LogP contribution is -2.31. The van der Waals surface area contributed by atoms with E-state index in [0.717, 1.165) is 25.4 Å². The molecule has 0 bridgehead atoms. The van der Waals surface area contributed by atoms with Gasteiger partial charge in [-0.2, -0.15) is 5.26 Å². The first kappa shape index (κ1) is 17.8. The number of ether oxygens (including phenoxy) is 1. The molecule has 0 fully saturated rings. The third-order valence-electron chi connectivity index (χ3n) is 4.68. The lowest BCUT2D eigenvalue weighted by Gasteiger charge is -2.27. The summed E-state index contributed by atoms with van der Waals surface area (Å²) in [6, 6.07) is 15.2. The Morgan fingerprint density at radius 3 is 2.52 bits per heavy atom. The summed E-state index contributed by atoms with van der Waals surface area (Å²) in [5, 5.41) is 10.5. The number of nitrogens with two attached hydrogens (primary N) is 1. The third-order valence-corrected chi connectivity index (χ3v) is 5.60. The zero-order valence-corrected chi connectivity index (χ0v) is 17.3. The maximum Gasteiger partial charge on any atom is 0.258 e. The number of para-hydroxylation sites is 1. The Morgan fingerprint density at radius 2 is 1.85 bits per heavy atom. The minimum atomic E-state index is -0.615. The minimum Gasteiger partial charge on any atom is -0.439 e. The fraction of sp³-hybridized carbons (Fsp3) is 0.100. The molecule has 27 heavy (non-hydrogen) atoms. The van der Waals surface area contributed by atoms with E-state index in [0.29, 0.717) is 11.3 Å². The van der Waals surface area contributed by atoms with E-state index < -0.39 is 5.92 Å². The fourth-order valence-electron chi connectivity index (χ4n) is 3.50. The summed E-state index contributed by atoms with van der Waals surface area (Å²) in [5.41, 5.74) is 8.01. The molecule has 7 heteroatoms. The van der Waals surface area contributed by atoms with Gasteiger partial charge >= 0.3 is 0 Å². The average molecular weight is 487 g/mol. The van der Waals surface area contributed by atoms with Gasteiger partial charge in [-0.15, -0.1) is 0 Å². The number of aryl methyl sites for hydroxylation is 1. The van der Waals surface area contributed by atoms with Gasteiger partial charge in [0.05, 0.1) is 17.0 Å². The van der Waals surface area contributed by atoms with Crippen molar-refractivity contribution in [2.75, 3.05) is 0 Å². The van der Waals surface area contributed by atoms with Crippen molar-refractivity contribution in [2.24, 2.45) is 12.8 Å². The third kappa shape index (κ3) is 2.76. The summed E-state index contributed by atoms with van der Waals surface area (Å²) in [4.78, 5) is 13.2. The van der Waals surface area contributed by atoms with Crippen LogP contribution in [0.1, 0.15) is 17.0 Å². The van der Waals surface area contributed by atoms with E-state index in [4.69, 9.17) is 10.5 Å². The fourth-order valence-corrected chi connectivity index (χ4v) is 4.83. The van der Waals surface area contributed by atoms with Gasteiger partial charge in [-0.1, -0.05) is 44.0 Å². The van der Waals surface area contributed by atoms with Crippen molar-refractivity contribution >= 4 is 42.8 Å². The van der Waals surface area contributed by atoms with Crippen LogP contribution in [0.25, 0.3) is 10.9 Å². The zero-order valence-electron chi connectivity index (χ0n) is 14.2. The number of allylic oxidation sites excluding steroid dienone is 1. The first-order valence-corrected chi connectivity index (χ1v) is 9.66. The molecular weight excluding hydrogens is 474 g/mol. The monoisotopic (exact) mass is 485 g/mol. The molecule has 2 aromatic carbocycles. The van der Waals surface area contributed by atoms with Crippen molar-refractivity contribution in [1.82, 2.24) is 4.57 Å². The highest BCUT2D eigenvalue weighted by atomic mass is 79.9. The number of benzene rings is 2. The second-order valence-corrected chi connectivity index (χ2v) is 8.08. The summed E-state index contributed by atoms with van der Waals surface area (Å²) in [6.45, 7) is 0. The van der Waals surface area contributed by atoms with Crippen molar-refractivity contribution in [3.8, 4) is 11.8 Å². The van der Waals surface area contributed by atoms with Gasteiger partial charge in [0.2, 0.25) is 5.88 Å². The molecule has 1 aliphatic heterocycles. The van der Waals surface area contributed by atoms with Crippen molar-refractivity contribution in [1.29, 1.82) is 5.26 Å². The summed E-state index contributed by atoms with van der Waals surface area (Å²) >= 11 is 6.95. The Labute approximate surface area is 171 Å². The number of pyridine rings is 1. The van der Waals surface area contributed by atoms with Crippen LogP contribution in [0.15, 0.2) is 67.7 Å². The van der Waals surface area contributed by atoms with E-state index in [1.165, 1.54) is 0 Å². The van der Waals surface area contributed by atoms with Crippen LogP contribution < -0.4 is 16.0 Å². The Morgan fingerprint density at radius 1 is 1.19 bits per heavy atom. The largest absolute Gasteiger partial charge is 0.439 e. The molecule has 1 unspecified atom stereocenters. The molecule has 0 saturated heterocycles. The van der Waals surface area contributed by atoms with Crippen LogP contribution in [-0.2, 0) is 7.05 Å². The number of rotatable bonds is 1. The van der Waals surface area contributed by atoms with Crippen molar-refractivity contribution in [2.45, 2.75) is 5.92 Å². The first-order valence-electron chi connectivity index (χ1n) is 8.07. The molecule has 5 nitrogen and oxygen atoms in total. The second-order valence-electron chi connectivity index (χ2n) is 6.25. The Hall–Kier alpha value is -2.56. The number of nitrogens with zero attached hydrogens (tertiary/aromatic N) is 2. The summed E-state index contributed by atoms with van der Waals surface area (Å²) in [6.07, 6.45) is 0. The Balaban J connectivity index is 2.14. The smallest absolute Gasteiger partial charge is 0.258 e. The van der Waals surface area contributed by atoms with Gasteiger partial charge in [0.1, 0.15) is 17.4 Å². The van der Waals surface area contributed by atoms with Gasteiger partial charge < -0.3 is 15.0 Å². The van der Waals surface area contributed by atoms with Crippen LogP contribution in [0.3, 0.4) is 0 Å². The summed E-state index contributed by atoms with van der Waals surface area (Å²) < 4.78 is 9.03. The maximum atomic E-state index is 13.2. The topological polar surface area (TPSA) is 81.0 Å². The number of fused-ring (bicyclic) bond motifs is 3. The normalized spacial score (nSPS) is 16.0. The first-order chi connectivity index (χ1) is 12.9. The number of aromatic nitrogens is 1. The van der Waals surface area contributed by atoms with Gasteiger partial charge in [0, 0.05) is 21.4 Å². The highest BCUT2D eigenvalue weighted by Crippen LogP contribution is 2.44. The number of halogens is 2. The molecule has 1 aliphatic rings. The van der Waals surface area contributed by atoms with Gasteiger partial charge in [-0.25, -0.2) is 0 Å². The van der Waals surface area contributed by atoms with Gasteiger partial charge in [0.25, 0.3) is 5.56 Å². The van der Waals surface area contributed by atoms with Gasteiger partial charge in [-0.3, -0.25) is 4.79 Å². The molecule has 134 valence electrons. The van der Waals surface area contributed by atoms with E-state index in [1.54, 1.807) is 11.6 Å². The predicted octanol–water partition coefficient (Wildman–Crippen LogP) is 4.28. The molecule has 2 N–H and O–H groups in total. The van der Waals surface area contributed by atoms with Crippen molar-refractivity contribution in [3.05, 3.63) is 84.3 Å². The maximum absolute atomic E-state index is 13.2. The van der Waals surface area contributed by atoms with E-state index in [1.807, 2.05) is 42.5 Å². The van der Waals surface area contributed by atoms with Crippen LogP contribution in [0.4, 0.5) is 0 Å². The number of hydrogen-bond acceptors (Lipinski definition) is 4. The van der Waals surface area contributed by atoms with Crippen LogP contribution >= 0.6 is 31.9 Å². The van der Waals surface area contributed by atoms with Crippen LogP contribution in [0.2, 0.25) is 0 Å². The van der Waals surface area contributed by atoms with Gasteiger partial charge in [-0.05, 0) is 35.9 Å². The molecule has 0 spiro atoms. The molecule has 2 heterocycles. The molecule has 1 aromatic heterocycles. The van der Waals surface area contributed by atoms with Crippen molar-refractivity contribution < 1.29 is 4.74 Å². The molecular formula is C20H13Br2N3O2. The van der Waals surface area contributed by atoms with Gasteiger partial charge in [0.15, 0.2) is 0 Å². The number of hydrogen-bond donors (Lipinski definition) is 1. The molecule has 0 aliphatic carbocycles. The van der Waals surface area contributed by atoms with E-state index >= 15 is 0 Å². The van der Waals surface area contributed by atoms with Crippen molar-refractivity contribution in [3.63, 3.8) is 0 Å². The lowest BCUT2D eigenvalue weighted by molar-refractivity contribution is 0.396. The quantitative estimate of drug-likeness (QED) is 0.556. The summed E-state index contributed by atoms with van der Waals surface area (Å²) in [5.74, 6) is -0.188. The zero-order chi connectivity index (χ0) is 19.3. The van der Waals surface area contributed by atoms with E-state index in [9.17, 15) is 10.1 Å². The molecule has 0 saturated carbocycles. The molecule has 4 rings (SSSR count). The SMILES string of the molecule is Cn1c(=O)c2c(c3ccccc31)OC(N)=C(C#N)C2c1cc(Br)cc(Br)c1. The second kappa shape index (κ2) is 6.55. The Kier molecular flexibility index (Phi) is 4.33. The predicted molar refractivity (Wildman–Crippen MR) is 110 cm³/mol. The van der Waals surface area contributed by atoms with Crippen LogP contribution in [-0.4, -0.2) is 4.57 Å². The molecule has 3 aromatic rings. The lowest BCUT2D eigenvalue weighted by atomic mass is 9.83. The molecule has 0 radical (unpaired) electrons. The summed E-state index contributed by atoms with van der Waals surface area (Å²) in [7, 11) is 1.71. The van der Waals surface area contributed by atoms with Crippen LogP contribution in [0.5, 0.6) is 5.75 Å². The Bertz CT molecular complexity index is 1220. The average Bonchev–Trinajstić information content (AvgIpc) is 2.64.